The molecule has 1 fully saturated rings. The molecule has 0 saturated heterocycles. The van der Waals surface area contributed by atoms with Crippen LogP contribution in [0.1, 0.15) is 33.1 Å². The fourth-order valence-corrected chi connectivity index (χ4v) is 2.29. The predicted octanol–water partition coefficient (Wildman–Crippen LogP) is 1.63. The van der Waals surface area contributed by atoms with Gasteiger partial charge in [-0.2, -0.15) is 5.26 Å². The summed E-state index contributed by atoms with van der Waals surface area (Å²) in [6, 6.07) is 2.54. The third-order valence-electron chi connectivity index (χ3n) is 3.51. The van der Waals surface area contributed by atoms with Crippen molar-refractivity contribution in [2.24, 2.45) is 5.92 Å². The van der Waals surface area contributed by atoms with Gasteiger partial charge in [-0.05, 0) is 45.7 Å². The molecule has 18 heavy (non-hydrogen) atoms. The Labute approximate surface area is 111 Å². The molecular formula is C14H27N3O. The maximum absolute atomic E-state index is 9.56. The molecule has 0 heterocycles. The van der Waals surface area contributed by atoms with Gasteiger partial charge in [0.25, 0.3) is 0 Å². The van der Waals surface area contributed by atoms with Gasteiger partial charge in [0, 0.05) is 19.7 Å². The highest BCUT2D eigenvalue weighted by atomic mass is 16.5. The van der Waals surface area contributed by atoms with Gasteiger partial charge in [-0.3, -0.25) is 5.32 Å². The zero-order valence-corrected chi connectivity index (χ0v) is 12.0. The first-order chi connectivity index (χ1) is 8.68. The van der Waals surface area contributed by atoms with Gasteiger partial charge in [0.15, 0.2) is 0 Å². The zero-order chi connectivity index (χ0) is 13.4. The number of nitrogens with one attached hydrogen (secondary N) is 1. The van der Waals surface area contributed by atoms with Gasteiger partial charge in [-0.15, -0.1) is 0 Å². The molecule has 0 spiro atoms. The first-order valence-corrected chi connectivity index (χ1v) is 7.11. The molecule has 0 aromatic rings. The van der Waals surface area contributed by atoms with E-state index in [0.29, 0.717) is 5.92 Å². The SMILES string of the molecule is CCCNC(C#N)(CN(C)CCOCC)C1CC1. The summed E-state index contributed by atoms with van der Waals surface area (Å²) in [6.07, 6.45) is 3.44. The molecule has 0 amide bonds. The van der Waals surface area contributed by atoms with Crippen LogP contribution in [0.25, 0.3) is 0 Å². The number of hydrogen-bond acceptors (Lipinski definition) is 4. The summed E-state index contributed by atoms with van der Waals surface area (Å²) in [5.74, 6) is 0.531. The molecule has 1 aliphatic carbocycles. The minimum Gasteiger partial charge on any atom is -0.380 e. The maximum atomic E-state index is 9.56. The molecule has 1 aliphatic rings. The van der Waals surface area contributed by atoms with Crippen LogP contribution >= 0.6 is 0 Å². The second-order valence-corrected chi connectivity index (χ2v) is 5.22. The molecule has 4 nitrogen and oxygen atoms in total. The lowest BCUT2D eigenvalue weighted by molar-refractivity contribution is 0.112. The van der Waals surface area contributed by atoms with Crippen molar-refractivity contribution >= 4 is 0 Å². The number of hydrogen-bond donors (Lipinski definition) is 1. The predicted molar refractivity (Wildman–Crippen MR) is 73.4 cm³/mol. The van der Waals surface area contributed by atoms with E-state index in [4.69, 9.17) is 4.74 Å². The largest absolute Gasteiger partial charge is 0.380 e. The summed E-state index contributed by atoms with van der Waals surface area (Å²) in [6.45, 7) is 8.25. The van der Waals surface area contributed by atoms with Gasteiger partial charge in [-0.1, -0.05) is 6.92 Å². The van der Waals surface area contributed by atoms with Gasteiger partial charge in [0.05, 0.1) is 12.7 Å². The molecule has 104 valence electrons. The molecule has 0 bridgehead atoms. The fourth-order valence-electron chi connectivity index (χ4n) is 2.29. The summed E-state index contributed by atoms with van der Waals surface area (Å²) in [7, 11) is 2.07. The lowest BCUT2D eigenvalue weighted by atomic mass is 9.94. The van der Waals surface area contributed by atoms with Crippen LogP contribution in [-0.2, 0) is 4.74 Å². The Morgan fingerprint density at radius 3 is 2.67 bits per heavy atom. The van der Waals surface area contributed by atoms with E-state index < -0.39 is 0 Å². The number of ether oxygens (including phenoxy) is 1. The molecule has 0 aliphatic heterocycles. The van der Waals surface area contributed by atoms with Gasteiger partial charge in [0.2, 0.25) is 0 Å². The van der Waals surface area contributed by atoms with E-state index in [1.165, 1.54) is 12.8 Å². The highest BCUT2D eigenvalue weighted by molar-refractivity contribution is 5.16. The lowest BCUT2D eigenvalue weighted by Gasteiger charge is -2.32. The highest BCUT2D eigenvalue weighted by Crippen LogP contribution is 2.39. The fraction of sp³-hybridized carbons (Fsp3) is 0.929. The van der Waals surface area contributed by atoms with Crippen LogP contribution in [0.4, 0.5) is 0 Å². The third kappa shape index (κ3) is 4.56. The van der Waals surface area contributed by atoms with Crippen molar-refractivity contribution in [2.75, 3.05) is 39.9 Å². The van der Waals surface area contributed by atoms with Crippen LogP contribution in [-0.4, -0.2) is 50.3 Å². The minimum absolute atomic E-state index is 0.350. The number of nitrogens with zero attached hydrogens (tertiary/aromatic N) is 2. The monoisotopic (exact) mass is 253 g/mol. The molecule has 1 unspecified atom stereocenters. The van der Waals surface area contributed by atoms with Gasteiger partial charge in [-0.25, -0.2) is 0 Å². The Morgan fingerprint density at radius 2 is 2.17 bits per heavy atom. The number of likely N-dealkylation sites (N-methyl/N-ethyl adjacent to an activating group) is 1. The first kappa shape index (κ1) is 15.4. The van der Waals surface area contributed by atoms with Crippen molar-refractivity contribution in [1.82, 2.24) is 10.2 Å². The van der Waals surface area contributed by atoms with E-state index in [9.17, 15) is 5.26 Å². The molecular weight excluding hydrogens is 226 g/mol. The molecule has 0 aromatic heterocycles. The normalized spacial score (nSPS) is 18.6. The van der Waals surface area contributed by atoms with Gasteiger partial charge >= 0.3 is 0 Å². The Bertz CT molecular complexity index is 273. The van der Waals surface area contributed by atoms with E-state index in [1.54, 1.807) is 0 Å². The summed E-state index contributed by atoms with van der Waals surface area (Å²) >= 11 is 0. The highest BCUT2D eigenvalue weighted by Gasteiger charge is 2.45. The molecule has 1 saturated carbocycles. The molecule has 0 aromatic carbocycles. The van der Waals surface area contributed by atoms with E-state index in [1.807, 2.05) is 6.92 Å². The van der Waals surface area contributed by atoms with Crippen LogP contribution in [0.2, 0.25) is 0 Å². The Kier molecular flexibility index (Phi) is 6.62. The molecule has 4 heteroatoms. The van der Waals surface area contributed by atoms with Crippen LogP contribution in [0.3, 0.4) is 0 Å². The quantitative estimate of drug-likeness (QED) is 0.601. The molecule has 1 atom stereocenters. The van der Waals surface area contributed by atoms with Crippen molar-refractivity contribution in [3.8, 4) is 6.07 Å². The zero-order valence-electron chi connectivity index (χ0n) is 12.0. The maximum Gasteiger partial charge on any atom is 0.122 e. The number of nitriles is 1. The number of rotatable bonds is 10. The Balaban J connectivity index is 2.47. The van der Waals surface area contributed by atoms with Crippen molar-refractivity contribution in [3.05, 3.63) is 0 Å². The molecule has 1 rings (SSSR count). The minimum atomic E-state index is -0.350. The van der Waals surface area contributed by atoms with Crippen LogP contribution in [0, 0.1) is 17.2 Å². The third-order valence-corrected chi connectivity index (χ3v) is 3.51. The Morgan fingerprint density at radius 1 is 1.44 bits per heavy atom. The smallest absolute Gasteiger partial charge is 0.122 e. The first-order valence-electron chi connectivity index (χ1n) is 7.11. The second-order valence-electron chi connectivity index (χ2n) is 5.22. The van der Waals surface area contributed by atoms with E-state index >= 15 is 0 Å². The summed E-state index contributed by atoms with van der Waals surface area (Å²) in [5, 5.41) is 13.0. The van der Waals surface area contributed by atoms with Gasteiger partial charge < -0.3 is 9.64 Å². The van der Waals surface area contributed by atoms with E-state index in [-0.39, 0.29) is 5.54 Å². The Hall–Kier alpha value is -0.630. The molecule has 1 N–H and O–H groups in total. The lowest BCUT2D eigenvalue weighted by Crippen LogP contribution is -2.54. The summed E-state index contributed by atoms with van der Waals surface area (Å²) in [5.41, 5.74) is -0.350. The van der Waals surface area contributed by atoms with E-state index in [0.717, 1.165) is 39.3 Å². The van der Waals surface area contributed by atoms with Crippen LogP contribution in [0.15, 0.2) is 0 Å². The van der Waals surface area contributed by atoms with Crippen LogP contribution < -0.4 is 5.32 Å². The second kappa shape index (κ2) is 7.73. The summed E-state index contributed by atoms with van der Waals surface area (Å²) < 4.78 is 5.36. The van der Waals surface area contributed by atoms with Crippen molar-refractivity contribution in [1.29, 1.82) is 5.26 Å². The summed E-state index contributed by atoms with van der Waals surface area (Å²) in [4.78, 5) is 2.21. The topological polar surface area (TPSA) is 48.3 Å². The molecule has 0 radical (unpaired) electrons. The van der Waals surface area contributed by atoms with E-state index in [2.05, 4.69) is 30.3 Å². The average molecular weight is 253 g/mol. The van der Waals surface area contributed by atoms with Crippen molar-refractivity contribution < 1.29 is 4.74 Å². The van der Waals surface area contributed by atoms with Crippen molar-refractivity contribution in [2.45, 2.75) is 38.6 Å². The van der Waals surface area contributed by atoms with Crippen LogP contribution in [0.5, 0.6) is 0 Å². The average Bonchev–Trinajstić information content (AvgIpc) is 3.19. The van der Waals surface area contributed by atoms with Gasteiger partial charge in [0.1, 0.15) is 5.54 Å². The van der Waals surface area contributed by atoms with Crippen molar-refractivity contribution in [3.63, 3.8) is 0 Å². The standard InChI is InChI=1S/C14H27N3O/c1-4-8-16-14(11-15,13-6-7-13)12-17(3)9-10-18-5-2/h13,16H,4-10,12H2,1-3H3.